The van der Waals surface area contributed by atoms with E-state index in [0.29, 0.717) is 19.6 Å². The topological polar surface area (TPSA) is 56.2 Å². The van der Waals surface area contributed by atoms with Crippen molar-refractivity contribution in [3.8, 4) is 0 Å². The number of morpholine rings is 1. The minimum Gasteiger partial charge on any atom is -0.390 e. The summed E-state index contributed by atoms with van der Waals surface area (Å²) >= 11 is 0. The molecule has 2 aromatic carbocycles. The molecule has 1 fully saturated rings. The van der Waals surface area contributed by atoms with Gasteiger partial charge in [-0.05, 0) is 41.3 Å². The van der Waals surface area contributed by atoms with Crippen molar-refractivity contribution in [1.29, 1.82) is 0 Å². The lowest BCUT2D eigenvalue weighted by molar-refractivity contribution is 0.0431. The zero-order valence-electron chi connectivity index (χ0n) is 19.8. The SMILES string of the molecule is CC1(C)CN(C[C@H](O)CN2CCc3ccccc3C2)C(=O)c2ccc(N3CCOCC3)cc21. The molecule has 2 aromatic rings. The van der Waals surface area contributed by atoms with Gasteiger partial charge in [-0.1, -0.05) is 38.1 Å². The summed E-state index contributed by atoms with van der Waals surface area (Å²) in [5, 5.41) is 10.9. The first-order chi connectivity index (χ1) is 15.9. The lowest BCUT2D eigenvalue weighted by Crippen LogP contribution is -2.51. The van der Waals surface area contributed by atoms with Crippen LogP contribution in [0.1, 0.15) is 40.9 Å². The zero-order valence-corrected chi connectivity index (χ0v) is 19.8. The van der Waals surface area contributed by atoms with Gasteiger partial charge in [0.05, 0.1) is 19.3 Å². The maximum atomic E-state index is 13.4. The molecule has 3 aliphatic rings. The van der Waals surface area contributed by atoms with Gasteiger partial charge in [0, 0.05) is 62.5 Å². The number of rotatable bonds is 5. The minimum atomic E-state index is -0.566. The van der Waals surface area contributed by atoms with Crippen molar-refractivity contribution in [3.05, 3.63) is 64.7 Å². The zero-order chi connectivity index (χ0) is 23.0. The molecule has 0 spiro atoms. The maximum absolute atomic E-state index is 13.4. The van der Waals surface area contributed by atoms with Gasteiger partial charge in [-0.3, -0.25) is 9.69 Å². The maximum Gasteiger partial charge on any atom is 0.254 e. The van der Waals surface area contributed by atoms with E-state index in [2.05, 4.69) is 60.0 Å². The first kappa shape index (κ1) is 22.4. The quantitative estimate of drug-likeness (QED) is 0.761. The van der Waals surface area contributed by atoms with Crippen LogP contribution < -0.4 is 4.90 Å². The van der Waals surface area contributed by atoms with Gasteiger partial charge in [-0.2, -0.15) is 0 Å². The molecule has 3 aliphatic heterocycles. The molecule has 1 N–H and O–H groups in total. The standard InChI is InChI=1S/C27H35N3O3/c1-27(2)19-30(18-23(31)17-28-10-9-20-5-3-4-6-21(20)16-28)26(32)24-8-7-22(15-25(24)27)29-11-13-33-14-12-29/h3-8,15,23,31H,9-14,16-19H2,1-2H3/t23-/m1/s1. The molecule has 0 radical (unpaired) electrons. The van der Waals surface area contributed by atoms with Crippen molar-refractivity contribution in [2.75, 3.05) is 57.4 Å². The minimum absolute atomic E-state index is 0.0286. The second-order valence-corrected chi connectivity index (χ2v) is 10.3. The number of carbonyl (C=O) groups excluding carboxylic acids is 1. The van der Waals surface area contributed by atoms with Gasteiger partial charge in [0.15, 0.2) is 0 Å². The van der Waals surface area contributed by atoms with Gasteiger partial charge < -0.3 is 19.6 Å². The van der Waals surface area contributed by atoms with Gasteiger partial charge in [-0.25, -0.2) is 0 Å². The molecule has 1 saturated heterocycles. The summed E-state index contributed by atoms with van der Waals surface area (Å²) in [4.78, 5) is 19.8. The second-order valence-electron chi connectivity index (χ2n) is 10.3. The van der Waals surface area contributed by atoms with Crippen molar-refractivity contribution >= 4 is 11.6 Å². The van der Waals surface area contributed by atoms with Gasteiger partial charge in [0.1, 0.15) is 0 Å². The van der Waals surface area contributed by atoms with Crippen molar-refractivity contribution in [3.63, 3.8) is 0 Å². The van der Waals surface area contributed by atoms with E-state index in [1.165, 1.54) is 11.1 Å². The first-order valence-corrected chi connectivity index (χ1v) is 12.1. The molecule has 0 bridgehead atoms. The Morgan fingerprint density at radius 3 is 2.58 bits per heavy atom. The fourth-order valence-corrected chi connectivity index (χ4v) is 5.57. The summed E-state index contributed by atoms with van der Waals surface area (Å²) in [7, 11) is 0. The van der Waals surface area contributed by atoms with E-state index in [1.54, 1.807) is 0 Å². The molecule has 6 nitrogen and oxygen atoms in total. The van der Waals surface area contributed by atoms with Crippen LogP contribution in [0.5, 0.6) is 0 Å². The Kier molecular flexibility index (Phi) is 6.16. The number of amides is 1. The van der Waals surface area contributed by atoms with Crippen LogP contribution in [0.25, 0.3) is 0 Å². The Labute approximate surface area is 196 Å². The number of hydrogen-bond acceptors (Lipinski definition) is 5. The molecule has 6 heteroatoms. The van der Waals surface area contributed by atoms with Crippen LogP contribution in [0.15, 0.2) is 42.5 Å². The highest BCUT2D eigenvalue weighted by atomic mass is 16.5. The number of ether oxygens (including phenoxy) is 1. The Morgan fingerprint density at radius 2 is 1.79 bits per heavy atom. The molecular weight excluding hydrogens is 414 g/mol. The number of fused-ring (bicyclic) bond motifs is 2. The molecule has 5 rings (SSSR count). The molecule has 0 saturated carbocycles. The molecule has 176 valence electrons. The first-order valence-electron chi connectivity index (χ1n) is 12.1. The van der Waals surface area contributed by atoms with E-state index < -0.39 is 6.10 Å². The molecule has 0 unspecified atom stereocenters. The third-order valence-electron chi connectivity index (χ3n) is 7.32. The Morgan fingerprint density at radius 1 is 1.03 bits per heavy atom. The number of β-amino-alcohol motifs (C(OH)–C–C–N with tert-alkyl or cyclic N) is 1. The van der Waals surface area contributed by atoms with Crippen LogP contribution in [-0.4, -0.2) is 79.4 Å². The van der Waals surface area contributed by atoms with Gasteiger partial charge >= 0.3 is 0 Å². The molecule has 0 aliphatic carbocycles. The van der Waals surface area contributed by atoms with Crippen LogP contribution in [-0.2, 0) is 23.1 Å². The van der Waals surface area contributed by atoms with Crippen LogP contribution in [0.4, 0.5) is 5.69 Å². The number of anilines is 1. The van der Waals surface area contributed by atoms with E-state index in [9.17, 15) is 9.90 Å². The molecule has 1 amide bonds. The van der Waals surface area contributed by atoms with Crippen LogP contribution >= 0.6 is 0 Å². The largest absolute Gasteiger partial charge is 0.390 e. The van der Waals surface area contributed by atoms with Gasteiger partial charge in [0.2, 0.25) is 0 Å². The summed E-state index contributed by atoms with van der Waals surface area (Å²) in [6.45, 7) is 11.0. The fraction of sp³-hybridized carbons (Fsp3) is 0.519. The number of carbonyl (C=O) groups is 1. The average Bonchev–Trinajstić information content (AvgIpc) is 2.82. The van der Waals surface area contributed by atoms with Gasteiger partial charge in [0.25, 0.3) is 5.91 Å². The molecule has 1 atom stereocenters. The van der Waals surface area contributed by atoms with Crippen molar-refractivity contribution in [1.82, 2.24) is 9.80 Å². The Balaban J connectivity index is 1.26. The monoisotopic (exact) mass is 449 g/mol. The summed E-state index contributed by atoms with van der Waals surface area (Å²) in [6, 6.07) is 14.8. The lowest BCUT2D eigenvalue weighted by Gasteiger charge is -2.41. The fourth-order valence-electron chi connectivity index (χ4n) is 5.57. The van der Waals surface area contributed by atoms with E-state index in [-0.39, 0.29) is 11.3 Å². The molecule has 33 heavy (non-hydrogen) atoms. The average molecular weight is 450 g/mol. The van der Waals surface area contributed by atoms with E-state index in [0.717, 1.165) is 62.6 Å². The third kappa shape index (κ3) is 4.65. The lowest BCUT2D eigenvalue weighted by atomic mass is 9.77. The van der Waals surface area contributed by atoms with Crippen molar-refractivity contribution in [2.24, 2.45) is 0 Å². The number of aliphatic hydroxyl groups excluding tert-OH is 1. The number of nitrogens with zero attached hydrogens (tertiary/aromatic N) is 3. The Hall–Kier alpha value is -2.41. The number of hydrogen-bond donors (Lipinski definition) is 1. The highest BCUT2D eigenvalue weighted by Gasteiger charge is 2.38. The number of aliphatic hydroxyl groups is 1. The highest BCUT2D eigenvalue weighted by molar-refractivity contribution is 5.98. The highest BCUT2D eigenvalue weighted by Crippen LogP contribution is 2.36. The Bertz CT molecular complexity index is 1020. The predicted molar refractivity (Wildman–Crippen MR) is 130 cm³/mol. The third-order valence-corrected chi connectivity index (χ3v) is 7.32. The van der Waals surface area contributed by atoms with Crippen molar-refractivity contribution in [2.45, 2.75) is 38.3 Å². The van der Waals surface area contributed by atoms with Crippen LogP contribution in [0.3, 0.4) is 0 Å². The summed E-state index contributed by atoms with van der Waals surface area (Å²) in [6.07, 6.45) is 0.446. The predicted octanol–water partition coefficient (Wildman–Crippen LogP) is 2.68. The van der Waals surface area contributed by atoms with Crippen LogP contribution in [0, 0.1) is 0 Å². The van der Waals surface area contributed by atoms with Crippen molar-refractivity contribution < 1.29 is 14.6 Å². The van der Waals surface area contributed by atoms with Gasteiger partial charge in [-0.15, -0.1) is 0 Å². The van der Waals surface area contributed by atoms with E-state index in [4.69, 9.17) is 4.74 Å². The second kappa shape index (κ2) is 9.09. The molecular formula is C27H35N3O3. The van der Waals surface area contributed by atoms with E-state index >= 15 is 0 Å². The summed E-state index contributed by atoms with van der Waals surface area (Å²) in [5.74, 6) is 0.0286. The van der Waals surface area contributed by atoms with E-state index in [1.807, 2.05) is 11.0 Å². The smallest absolute Gasteiger partial charge is 0.254 e. The summed E-state index contributed by atoms with van der Waals surface area (Å²) in [5.41, 5.74) is 5.62. The number of benzene rings is 2. The molecule has 3 heterocycles. The van der Waals surface area contributed by atoms with Crippen LogP contribution in [0.2, 0.25) is 0 Å². The normalized spacial score (nSPS) is 21.5. The summed E-state index contributed by atoms with van der Waals surface area (Å²) < 4.78 is 5.49. The molecule has 0 aromatic heterocycles.